The zero-order chi connectivity index (χ0) is 22.9. The van der Waals surface area contributed by atoms with Gasteiger partial charge in [0.2, 0.25) is 0 Å². The molecule has 3 heterocycles. The first kappa shape index (κ1) is 22.2. The van der Waals surface area contributed by atoms with Crippen LogP contribution >= 0.6 is 0 Å². The summed E-state index contributed by atoms with van der Waals surface area (Å²) in [7, 11) is 2.13. The third-order valence-corrected chi connectivity index (χ3v) is 5.92. The minimum Gasteiger partial charge on any atom is -0.433 e. The van der Waals surface area contributed by atoms with Crippen molar-refractivity contribution in [1.82, 2.24) is 24.6 Å². The molecule has 2 aromatic heterocycles. The van der Waals surface area contributed by atoms with Crippen LogP contribution in [0.15, 0.2) is 36.8 Å². The second-order valence-corrected chi connectivity index (χ2v) is 8.76. The number of piperidine rings is 1. The molecule has 0 bridgehead atoms. The van der Waals surface area contributed by atoms with Gasteiger partial charge in [-0.05, 0) is 64.5 Å². The predicted molar refractivity (Wildman–Crippen MR) is 121 cm³/mol. The summed E-state index contributed by atoms with van der Waals surface area (Å²) in [5.74, 6) is 0.925. The van der Waals surface area contributed by atoms with E-state index < -0.39 is 5.60 Å². The SMILES string of the molecule is Cc1cc(-c2cnc(N)c(Oc3cnn(C4CCN(C)CC4)c3)n2)cc(C(C)(O)CO)c1. The number of aliphatic hydroxyl groups is 2. The molecular formula is C23H30N6O3. The van der Waals surface area contributed by atoms with Crippen LogP contribution in [0.1, 0.15) is 36.9 Å². The van der Waals surface area contributed by atoms with Crippen LogP contribution in [-0.2, 0) is 5.60 Å². The fourth-order valence-corrected chi connectivity index (χ4v) is 3.87. The van der Waals surface area contributed by atoms with Gasteiger partial charge in [0.1, 0.15) is 5.60 Å². The Labute approximate surface area is 187 Å². The molecule has 9 heteroatoms. The van der Waals surface area contributed by atoms with Gasteiger partial charge >= 0.3 is 0 Å². The van der Waals surface area contributed by atoms with Crippen LogP contribution < -0.4 is 10.5 Å². The molecule has 9 nitrogen and oxygen atoms in total. The topological polar surface area (TPSA) is 123 Å². The second-order valence-electron chi connectivity index (χ2n) is 8.76. The van der Waals surface area contributed by atoms with E-state index in [0.29, 0.717) is 23.0 Å². The molecule has 4 N–H and O–H groups in total. The molecule has 4 rings (SSSR count). The Morgan fingerprint density at radius 3 is 2.69 bits per heavy atom. The summed E-state index contributed by atoms with van der Waals surface area (Å²) in [5.41, 5.74) is 7.48. The number of aliphatic hydroxyl groups excluding tert-OH is 1. The lowest BCUT2D eigenvalue weighted by molar-refractivity contribution is -0.00228. The molecule has 0 amide bonds. The number of nitrogens with zero attached hydrogens (tertiary/aromatic N) is 5. The van der Waals surface area contributed by atoms with Crippen LogP contribution in [0, 0.1) is 6.92 Å². The van der Waals surface area contributed by atoms with Crippen LogP contribution in [0.4, 0.5) is 5.82 Å². The van der Waals surface area contributed by atoms with E-state index >= 15 is 0 Å². The number of rotatable bonds is 6. The van der Waals surface area contributed by atoms with E-state index in [4.69, 9.17) is 10.5 Å². The molecule has 170 valence electrons. The first-order valence-electron chi connectivity index (χ1n) is 10.7. The highest BCUT2D eigenvalue weighted by molar-refractivity contribution is 5.63. The summed E-state index contributed by atoms with van der Waals surface area (Å²) in [6, 6.07) is 5.90. The third-order valence-electron chi connectivity index (χ3n) is 5.92. The monoisotopic (exact) mass is 438 g/mol. The molecule has 1 fully saturated rings. The van der Waals surface area contributed by atoms with Crippen molar-refractivity contribution in [2.24, 2.45) is 0 Å². The number of nitrogens with two attached hydrogens (primary N) is 1. The van der Waals surface area contributed by atoms with Crippen LogP contribution in [0.25, 0.3) is 11.3 Å². The molecule has 1 atom stereocenters. The van der Waals surface area contributed by atoms with Gasteiger partial charge in [0.15, 0.2) is 11.6 Å². The van der Waals surface area contributed by atoms with E-state index in [1.807, 2.05) is 29.9 Å². The Hall–Kier alpha value is -3.01. The van der Waals surface area contributed by atoms with Crippen molar-refractivity contribution >= 4 is 5.82 Å². The summed E-state index contributed by atoms with van der Waals surface area (Å²) in [6.07, 6.45) is 7.18. The van der Waals surface area contributed by atoms with Crippen LogP contribution in [0.2, 0.25) is 0 Å². The number of aromatic nitrogens is 4. The average Bonchev–Trinajstić information content (AvgIpc) is 3.24. The third kappa shape index (κ3) is 4.74. The van der Waals surface area contributed by atoms with Gasteiger partial charge < -0.3 is 25.6 Å². The second kappa shape index (κ2) is 8.85. The fourth-order valence-electron chi connectivity index (χ4n) is 3.87. The Morgan fingerprint density at radius 2 is 1.97 bits per heavy atom. The highest BCUT2D eigenvalue weighted by Gasteiger charge is 2.23. The zero-order valence-corrected chi connectivity index (χ0v) is 18.7. The van der Waals surface area contributed by atoms with Crippen LogP contribution in [-0.4, -0.2) is 61.6 Å². The molecule has 1 saturated heterocycles. The Balaban J connectivity index is 1.58. The predicted octanol–water partition coefficient (Wildman–Crippen LogP) is 2.49. The molecule has 1 aliphatic rings. The quantitative estimate of drug-likeness (QED) is 0.536. The van der Waals surface area contributed by atoms with Gasteiger partial charge in [0, 0.05) is 5.56 Å². The molecule has 0 radical (unpaired) electrons. The van der Waals surface area contributed by atoms with Gasteiger partial charge in [-0.2, -0.15) is 5.10 Å². The highest BCUT2D eigenvalue weighted by atomic mass is 16.5. The van der Waals surface area contributed by atoms with Crippen LogP contribution in [0.3, 0.4) is 0 Å². The molecular weight excluding hydrogens is 408 g/mol. The highest BCUT2D eigenvalue weighted by Crippen LogP contribution is 2.31. The van der Waals surface area contributed by atoms with Gasteiger partial charge in [0.25, 0.3) is 5.88 Å². The summed E-state index contributed by atoms with van der Waals surface area (Å²) in [6.45, 7) is 5.18. The number of benzene rings is 1. The molecule has 1 aromatic carbocycles. The Morgan fingerprint density at radius 1 is 1.22 bits per heavy atom. The molecule has 0 saturated carbocycles. The minimum absolute atomic E-state index is 0.177. The molecule has 0 spiro atoms. The number of hydrogen-bond donors (Lipinski definition) is 3. The van der Waals surface area contributed by atoms with E-state index in [9.17, 15) is 10.2 Å². The number of ether oxygens (including phenoxy) is 1. The summed E-state index contributed by atoms with van der Waals surface area (Å²) >= 11 is 0. The van der Waals surface area contributed by atoms with E-state index in [-0.39, 0.29) is 18.3 Å². The first-order valence-corrected chi connectivity index (χ1v) is 10.7. The molecule has 1 unspecified atom stereocenters. The molecule has 32 heavy (non-hydrogen) atoms. The van der Waals surface area contributed by atoms with E-state index in [0.717, 1.165) is 37.1 Å². The number of hydrogen-bond acceptors (Lipinski definition) is 8. The average molecular weight is 439 g/mol. The van der Waals surface area contributed by atoms with Crippen molar-refractivity contribution in [2.75, 3.05) is 32.5 Å². The maximum absolute atomic E-state index is 10.5. The summed E-state index contributed by atoms with van der Waals surface area (Å²) in [4.78, 5) is 11.1. The largest absolute Gasteiger partial charge is 0.433 e. The fraction of sp³-hybridized carbons (Fsp3) is 0.435. The lowest BCUT2D eigenvalue weighted by atomic mass is 9.93. The summed E-state index contributed by atoms with van der Waals surface area (Å²) in [5, 5.41) is 24.5. The van der Waals surface area contributed by atoms with E-state index in [1.54, 1.807) is 25.4 Å². The van der Waals surface area contributed by atoms with Crippen molar-refractivity contribution in [3.8, 4) is 22.9 Å². The lowest BCUT2D eigenvalue weighted by Crippen LogP contribution is -2.31. The maximum atomic E-state index is 10.5. The van der Waals surface area contributed by atoms with Crippen LogP contribution in [0.5, 0.6) is 11.6 Å². The molecule has 0 aliphatic carbocycles. The van der Waals surface area contributed by atoms with Crippen molar-refractivity contribution in [1.29, 1.82) is 0 Å². The van der Waals surface area contributed by atoms with Crippen molar-refractivity contribution in [3.63, 3.8) is 0 Å². The Bertz CT molecular complexity index is 1090. The minimum atomic E-state index is -1.36. The lowest BCUT2D eigenvalue weighted by Gasteiger charge is -2.28. The Kier molecular flexibility index (Phi) is 6.14. The number of likely N-dealkylation sites (tertiary alicyclic amines) is 1. The van der Waals surface area contributed by atoms with Gasteiger partial charge in [0.05, 0.1) is 36.9 Å². The van der Waals surface area contributed by atoms with E-state index in [2.05, 4.69) is 27.0 Å². The number of nitrogen functional groups attached to an aromatic ring is 1. The maximum Gasteiger partial charge on any atom is 0.263 e. The molecule has 1 aliphatic heterocycles. The summed E-state index contributed by atoms with van der Waals surface area (Å²) < 4.78 is 7.88. The smallest absolute Gasteiger partial charge is 0.263 e. The van der Waals surface area contributed by atoms with Gasteiger partial charge in [-0.1, -0.05) is 11.6 Å². The molecule has 3 aromatic rings. The normalized spacial score (nSPS) is 17.3. The zero-order valence-electron chi connectivity index (χ0n) is 18.7. The van der Waals surface area contributed by atoms with Crippen molar-refractivity contribution < 1.29 is 14.9 Å². The van der Waals surface area contributed by atoms with Crippen molar-refractivity contribution in [2.45, 2.75) is 38.3 Å². The number of aryl methyl sites for hydroxylation is 1. The van der Waals surface area contributed by atoms with Gasteiger partial charge in [-0.3, -0.25) is 4.68 Å². The van der Waals surface area contributed by atoms with Gasteiger partial charge in [-0.15, -0.1) is 0 Å². The first-order chi connectivity index (χ1) is 15.2. The standard InChI is InChI=1S/C23H30N6O3/c1-15-8-16(10-17(9-15)23(2,31)14-30)20-12-25-21(24)22(27-20)32-19-11-26-29(13-19)18-4-6-28(3)7-5-18/h8-13,18,30-31H,4-7,14H2,1-3H3,(H2,24,25). The number of anilines is 1. The van der Waals surface area contributed by atoms with Gasteiger partial charge in [-0.25, -0.2) is 9.97 Å². The van der Waals surface area contributed by atoms with Crippen molar-refractivity contribution in [3.05, 3.63) is 47.9 Å². The van der Waals surface area contributed by atoms with E-state index in [1.165, 1.54) is 0 Å².